The normalized spacial score (nSPS) is 30.2. The third-order valence-electron chi connectivity index (χ3n) is 5.52. The zero-order chi connectivity index (χ0) is 20.0. The molecule has 0 radical (unpaired) electrons. The molecular formula is C21H34O6. The summed E-state index contributed by atoms with van der Waals surface area (Å²) in [6, 6.07) is 0. The zero-order valence-corrected chi connectivity index (χ0v) is 17.3. The highest BCUT2D eigenvalue weighted by molar-refractivity contribution is 5.89. The minimum absolute atomic E-state index is 0.00412. The standard InChI is InChI=1S/C21H34O6/c1-6-7-10-25-19(20(23)24-5)16-12-18(22)27-21(16)26-17-11-14(4)8-9-15(17)13(2)3/h13-15,17,21H,6-12H2,1-5H3/b19-16-/t14-,15+,17-,21-/m1/s1. The number of ether oxygens (including phenoxy) is 4. The van der Waals surface area contributed by atoms with Crippen LogP contribution in [0.15, 0.2) is 11.3 Å². The van der Waals surface area contributed by atoms with E-state index in [-0.39, 0.29) is 18.3 Å². The summed E-state index contributed by atoms with van der Waals surface area (Å²) in [5.74, 6) is 0.519. The average molecular weight is 382 g/mol. The second-order valence-corrected chi connectivity index (χ2v) is 8.05. The molecule has 6 heteroatoms. The van der Waals surface area contributed by atoms with Crippen LogP contribution in [0, 0.1) is 17.8 Å². The Kier molecular flexibility index (Phi) is 8.14. The summed E-state index contributed by atoms with van der Waals surface area (Å²) in [5.41, 5.74) is 0.448. The molecule has 0 aromatic heterocycles. The molecule has 0 aromatic carbocycles. The van der Waals surface area contributed by atoms with Crippen LogP contribution in [0.1, 0.15) is 66.2 Å². The van der Waals surface area contributed by atoms with Gasteiger partial charge in [-0.05, 0) is 37.0 Å². The highest BCUT2D eigenvalue weighted by atomic mass is 16.7. The predicted octanol–water partition coefficient (Wildman–Crippen LogP) is 3.98. The fraction of sp³-hybridized carbons (Fsp3) is 0.810. The number of hydrogen-bond acceptors (Lipinski definition) is 6. The van der Waals surface area contributed by atoms with Gasteiger partial charge >= 0.3 is 11.9 Å². The Labute approximate surface area is 162 Å². The Morgan fingerprint density at radius 2 is 2.04 bits per heavy atom. The van der Waals surface area contributed by atoms with Crippen molar-refractivity contribution in [3.63, 3.8) is 0 Å². The van der Waals surface area contributed by atoms with Gasteiger partial charge in [-0.15, -0.1) is 0 Å². The van der Waals surface area contributed by atoms with Crippen LogP contribution < -0.4 is 0 Å². The number of cyclic esters (lactones) is 1. The van der Waals surface area contributed by atoms with E-state index in [1.54, 1.807) is 0 Å². The van der Waals surface area contributed by atoms with Gasteiger partial charge in [-0.3, -0.25) is 4.79 Å². The molecule has 1 aliphatic carbocycles. The lowest BCUT2D eigenvalue weighted by atomic mass is 9.75. The third-order valence-corrected chi connectivity index (χ3v) is 5.52. The number of rotatable bonds is 8. The van der Waals surface area contributed by atoms with Gasteiger partial charge in [-0.1, -0.05) is 40.5 Å². The average Bonchev–Trinajstić information content (AvgIpc) is 2.98. The van der Waals surface area contributed by atoms with E-state index in [0.717, 1.165) is 25.7 Å². The number of carbonyl (C=O) groups excluding carboxylic acids is 2. The van der Waals surface area contributed by atoms with Gasteiger partial charge in [0, 0.05) is 0 Å². The number of esters is 2. The number of hydrogen-bond donors (Lipinski definition) is 0. The molecule has 27 heavy (non-hydrogen) atoms. The number of carbonyl (C=O) groups is 2. The van der Waals surface area contributed by atoms with Crippen molar-refractivity contribution < 1.29 is 28.5 Å². The lowest BCUT2D eigenvalue weighted by Crippen LogP contribution is -2.37. The molecule has 1 saturated heterocycles. The third kappa shape index (κ3) is 5.71. The van der Waals surface area contributed by atoms with Gasteiger partial charge in [-0.25, -0.2) is 4.79 Å². The molecule has 0 bridgehead atoms. The van der Waals surface area contributed by atoms with Gasteiger partial charge in [-0.2, -0.15) is 0 Å². The summed E-state index contributed by atoms with van der Waals surface area (Å²) in [4.78, 5) is 24.2. The van der Waals surface area contributed by atoms with Crippen LogP contribution in [-0.2, 0) is 28.5 Å². The smallest absolute Gasteiger partial charge is 0.373 e. The first-order valence-electron chi connectivity index (χ1n) is 10.2. The van der Waals surface area contributed by atoms with Gasteiger partial charge in [0.25, 0.3) is 0 Å². The molecule has 0 aromatic rings. The van der Waals surface area contributed by atoms with Crippen LogP contribution in [0.4, 0.5) is 0 Å². The van der Waals surface area contributed by atoms with Gasteiger partial charge in [0.2, 0.25) is 12.0 Å². The highest BCUT2D eigenvalue weighted by Gasteiger charge is 2.41. The van der Waals surface area contributed by atoms with E-state index in [0.29, 0.717) is 29.9 Å². The maximum atomic E-state index is 12.2. The van der Waals surface area contributed by atoms with E-state index < -0.39 is 18.2 Å². The molecule has 0 N–H and O–H groups in total. The van der Waals surface area contributed by atoms with Crippen LogP contribution in [0.25, 0.3) is 0 Å². The molecule has 1 aliphatic heterocycles. The highest BCUT2D eigenvalue weighted by Crippen LogP contribution is 2.38. The molecule has 2 rings (SSSR count). The molecule has 6 nitrogen and oxygen atoms in total. The van der Waals surface area contributed by atoms with E-state index in [1.165, 1.54) is 13.5 Å². The Morgan fingerprint density at radius 3 is 2.67 bits per heavy atom. The summed E-state index contributed by atoms with van der Waals surface area (Å²) >= 11 is 0. The molecular weight excluding hydrogens is 348 g/mol. The van der Waals surface area contributed by atoms with Crippen LogP contribution in [-0.4, -0.2) is 38.0 Å². The monoisotopic (exact) mass is 382 g/mol. The van der Waals surface area contributed by atoms with E-state index in [1.807, 2.05) is 6.92 Å². The number of unbranched alkanes of at least 4 members (excludes halogenated alkanes) is 1. The fourth-order valence-corrected chi connectivity index (χ4v) is 3.89. The maximum Gasteiger partial charge on any atom is 0.373 e. The van der Waals surface area contributed by atoms with E-state index in [4.69, 9.17) is 18.9 Å². The largest absolute Gasteiger partial charge is 0.486 e. The fourth-order valence-electron chi connectivity index (χ4n) is 3.89. The van der Waals surface area contributed by atoms with Gasteiger partial charge < -0.3 is 18.9 Å². The van der Waals surface area contributed by atoms with Crippen molar-refractivity contribution in [2.45, 2.75) is 78.6 Å². The molecule has 0 spiro atoms. The van der Waals surface area contributed by atoms with Crippen molar-refractivity contribution in [1.29, 1.82) is 0 Å². The van der Waals surface area contributed by atoms with Gasteiger partial charge in [0.1, 0.15) is 0 Å². The molecule has 2 aliphatic rings. The SMILES string of the molecule is CCCCO/C(C(=O)OC)=C1/CC(=O)O[C@H]1O[C@@H]1C[C@H](C)CC[C@H]1C(C)C. The van der Waals surface area contributed by atoms with Crippen LogP contribution >= 0.6 is 0 Å². The lowest BCUT2D eigenvalue weighted by molar-refractivity contribution is -0.179. The first kappa shape index (κ1) is 21.7. The quantitative estimate of drug-likeness (QED) is 0.274. The molecule has 2 fully saturated rings. The lowest BCUT2D eigenvalue weighted by Gasteiger charge is -2.38. The van der Waals surface area contributed by atoms with Crippen LogP contribution in [0.5, 0.6) is 0 Å². The van der Waals surface area contributed by atoms with E-state index >= 15 is 0 Å². The Hall–Kier alpha value is -1.56. The Morgan fingerprint density at radius 1 is 1.30 bits per heavy atom. The molecule has 1 heterocycles. The number of methoxy groups -OCH3 is 1. The Bertz CT molecular complexity index is 553. The minimum atomic E-state index is -0.871. The molecule has 154 valence electrons. The summed E-state index contributed by atoms with van der Waals surface area (Å²) < 4.78 is 22.2. The van der Waals surface area contributed by atoms with Crippen molar-refractivity contribution in [2.75, 3.05) is 13.7 Å². The summed E-state index contributed by atoms with van der Waals surface area (Å²) in [5, 5.41) is 0. The topological polar surface area (TPSA) is 71.1 Å². The van der Waals surface area contributed by atoms with E-state index in [2.05, 4.69) is 20.8 Å². The second-order valence-electron chi connectivity index (χ2n) is 8.05. The zero-order valence-electron chi connectivity index (χ0n) is 17.3. The first-order valence-corrected chi connectivity index (χ1v) is 10.2. The summed E-state index contributed by atoms with van der Waals surface area (Å²) in [6.45, 7) is 9.04. The van der Waals surface area contributed by atoms with Gasteiger partial charge in [0.15, 0.2) is 0 Å². The van der Waals surface area contributed by atoms with Crippen LogP contribution in [0.3, 0.4) is 0 Å². The molecule has 4 atom stereocenters. The van der Waals surface area contributed by atoms with Crippen molar-refractivity contribution >= 4 is 11.9 Å². The summed E-state index contributed by atoms with van der Waals surface area (Å²) in [6.07, 6.45) is 4.08. The maximum absolute atomic E-state index is 12.2. The molecule has 1 saturated carbocycles. The van der Waals surface area contributed by atoms with Gasteiger partial charge in [0.05, 0.1) is 31.8 Å². The minimum Gasteiger partial charge on any atom is -0.486 e. The van der Waals surface area contributed by atoms with Crippen LogP contribution in [0.2, 0.25) is 0 Å². The first-order chi connectivity index (χ1) is 12.9. The van der Waals surface area contributed by atoms with Crippen molar-refractivity contribution in [1.82, 2.24) is 0 Å². The second kappa shape index (κ2) is 10.1. The van der Waals surface area contributed by atoms with Crippen molar-refractivity contribution in [3.05, 3.63) is 11.3 Å². The molecule has 0 unspecified atom stereocenters. The van der Waals surface area contributed by atoms with E-state index in [9.17, 15) is 9.59 Å². The van der Waals surface area contributed by atoms with Crippen molar-refractivity contribution in [3.8, 4) is 0 Å². The Balaban J connectivity index is 2.23. The van der Waals surface area contributed by atoms with Crippen molar-refractivity contribution in [2.24, 2.45) is 17.8 Å². The summed E-state index contributed by atoms with van der Waals surface area (Å²) in [7, 11) is 1.30. The predicted molar refractivity (Wildman–Crippen MR) is 101 cm³/mol. The molecule has 0 amide bonds.